The van der Waals surface area contributed by atoms with Gasteiger partial charge in [0.15, 0.2) is 0 Å². The van der Waals surface area contributed by atoms with Crippen LogP contribution in [0.5, 0.6) is 0 Å². The Morgan fingerprint density at radius 2 is 1.85 bits per heavy atom. The van der Waals surface area contributed by atoms with Crippen LogP contribution in [0.1, 0.15) is 29.7 Å². The van der Waals surface area contributed by atoms with Crippen molar-refractivity contribution in [2.24, 2.45) is 0 Å². The summed E-state index contributed by atoms with van der Waals surface area (Å²) in [5.41, 5.74) is 3.69. The average molecular weight is 439 g/mol. The fraction of sp³-hybridized carbons (Fsp3) is 0.316. The molecule has 140 valence electrons. The highest BCUT2D eigenvalue weighted by Crippen LogP contribution is 2.27. The third-order valence-corrected chi connectivity index (χ3v) is 5.88. The van der Waals surface area contributed by atoms with Crippen LogP contribution in [-0.2, 0) is 14.8 Å². The van der Waals surface area contributed by atoms with Crippen molar-refractivity contribution in [3.05, 3.63) is 63.6 Å². The summed E-state index contributed by atoms with van der Waals surface area (Å²) in [6.45, 7) is 5.62. The van der Waals surface area contributed by atoms with Crippen molar-refractivity contribution in [2.45, 2.75) is 26.8 Å². The molecule has 0 unspecified atom stereocenters. The minimum Gasteiger partial charge on any atom is -0.348 e. The number of rotatable bonds is 6. The topological polar surface area (TPSA) is 66.5 Å². The highest BCUT2D eigenvalue weighted by Gasteiger charge is 2.23. The van der Waals surface area contributed by atoms with Crippen LogP contribution in [-0.4, -0.2) is 27.1 Å². The number of hydrogen-bond donors (Lipinski definition) is 1. The minimum absolute atomic E-state index is 0.219. The van der Waals surface area contributed by atoms with Crippen molar-refractivity contribution >= 4 is 37.5 Å². The van der Waals surface area contributed by atoms with Crippen molar-refractivity contribution in [3.8, 4) is 0 Å². The molecule has 0 aromatic heterocycles. The van der Waals surface area contributed by atoms with Crippen molar-refractivity contribution < 1.29 is 13.2 Å². The molecule has 0 saturated heterocycles. The SMILES string of the molecule is Cc1ccc([C@@H](C)NC(=O)CN(c2ccccc2Br)S(C)(=O)=O)c(C)c1. The van der Waals surface area contributed by atoms with Crippen LogP contribution >= 0.6 is 15.9 Å². The van der Waals surface area contributed by atoms with Gasteiger partial charge in [-0.25, -0.2) is 8.42 Å². The summed E-state index contributed by atoms with van der Waals surface area (Å²) in [5, 5.41) is 2.89. The lowest BCUT2D eigenvalue weighted by atomic mass is 10.0. The summed E-state index contributed by atoms with van der Waals surface area (Å²) in [6.07, 6.45) is 1.09. The minimum atomic E-state index is -3.61. The zero-order chi connectivity index (χ0) is 19.5. The zero-order valence-corrected chi connectivity index (χ0v) is 17.7. The molecule has 0 aliphatic heterocycles. The number of para-hydroxylation sites is 1. The van der Waals surface area contributed by atoms with Crippen molar-refractivity contribution in [1.29, 1.82) is 0 Å². The predicted octanol–water partition coefficient (Wildman–Crippen LogP) is 3.71. The summed E-state index contributed by atoms with van der Waals surface area (Å²) >= 11 is 3.35. The van der Waals surface area contributed by atoms with E-state index < -0.39 is 10.0 Å². The third-order valence-electron chi connectivity index (χ3n) is 4.08. The number of carbonyl (C=O) groups excluding carboxylic acids is 1. The Kier molecular flexibility index (Phi) is 6.47. The molecule has 0 aliphatic carbocycles. The quantitative estimate of drug-likeness (QED) is 0.747. The number of halogens is 1. The Morgan fingerprint density at radius 3 is 2.42 bits per heavy atom. The first-order chi connectivity index (χ1) is 12.1. The van der Waals surface area contributed by atoms with Crippen LogP contribution in [0.2, 0.25) is 0 Å². The van der Waals surface area contributed by atoms with Gasteiger partial charge in [0.1, 0.15) is 6.54 Å². The van der Waals surface area contributed by atoms with Crippen LogP contribution in [0.15, 0.2) is 46.9 Å². The second-order valence-corrected chi connectivity index (χ2v) is 9.13. The van der Waals surface area contributed by atoms with Gasteiger partial charge >= 0.3 is 0 Å². The predicted molar refractivity (Wildman–Crippen MR) is 109 cm³/mol. The number of amides is 1. The highest BCUT2D eigenvalue weighted by atomic mass is 79.9. The van der Waals surface area contributed by atoms with Gasteiger partial charge in [-0.3, -0.25) is 9.10 Å². The van der Waals surface area contributed by atoms with Gasteiger partial charge in [0.05, 0.1) is 18.0 Å². The third kappa shape index (κ3) is 5.08. The smallest absolute Gasteiger partial charge is 0.241 e. The lowest BCUT2D eigenvalue weighted by molar-refractivity contribution is -0.120. The molecule has 0 heterocycles. The lowest BCUT2D eigenvalue weighted by Crippen LogP contribution is -2.41. The van der Waals surface area contributed by atoms with E-state index in [9.17, 15) is 13.2 Å². The number of nitrogens with zero attached hydrogens (tertiary/aromatic N) is 1. The first-order valence-electron chi connectivity index (χ1n) is 8.18. The van der Waals surface area contributed by atoms with E-state index in [1.54, 1.807) is 24.3 Å². The van der Waals surface area contributed by atoms with Gasteiger partial charge in [-0.05, 0) is 60.0 Å². The molecule has 5 nitrogen and oxygen atoms in total. The fourth-order valence-electron chi connectivity index (χ4n) is 2.84. The first kappa shape index (κ1) is 20.5. The van der Waals surface area contributed by atoms with Gasteiger partial charge < -0.3 is 5.32 Å². The Morgan fingerprint density at radius 1 is 1.19 bits per heavy atom. The summed E-state index contributed by atoms with van der Waals surface area (Å²) in [5.74, 6) is -0.362. The number of anilines is 1. The first-order valence-corrected chi connectivity index (χ1v) is 10.8. The maximum absolute atomic E-state index is 12.5. The van der Waals surface area contributed by atoms with E-state index in [1.165, 1.54) is 0 Å². The second-order valence-electron chi connectivity index (χ2n) is 6.37. The van der Waals surface area contributed by atoms with Crippen LogP contribution in [0, 0.1) is 13.8 Å². The van der Waals surface area contributed by atoms with E-state index in [0.29, 0.717) is 10.2 Å². The molecule has 2 aromatic rings. The van der Waals surface area contributed by atoms with Crippen LogP contribution in [0.3, 0.4) is 0 Å². The summed E-state index contributed by atoms with van der Waals surface area (Å²) < 4.78 is 26.1. The Balaban J connectivity index is 2.19. The summed E-state index contributed by atoms with van der Waals surface area (Å²) in [7, 11) is -3.61. The van der Waals surface area contributed by atoms with Crippen LogP contribution in [0.25, 0.3) is 0 Å². The number of sulfonamides is 1. The molecular formula is C19H23BrN2O3S. The van der Waals surface area contributed by atoms with Gasteiger partial charge in [-0.2, -0.15) is 0 Å². The molecule has 1 amide bonds. The number of carbonyl (C=O) groups is 1. The Bertz CT molecular complexity index is 913. The van der Waals surface area contributed by atoms with Gasteiger partial charge in [-0.15, -0.1) is 0 Å². The second kappa shape index (κ2) is 8.22. The molecule has 0 aliphatic rings. The maximum atomic E-state index is 12.5. The molecule has 0 radical (unpaired) electrons. The maximum Gasteiger partial charge on any atom is 0.241 e. The number of hydrogen-bond acceptors (Lipinski definition) is 3. The molecule has 2 rings (SSSR count). The molecular weight excluding hydrogens is 416 g/mol. The number of benzene rings is 2. The summed E-state index contributed by atoms with van der Waals surface area (Å²) in [6, 6.07) is 12.7. The lowest BCUT2D eigenvalue weighted by Gasteiger charge is -2.24. The fourth-order valence-corrected chi connectivity index (χ4v) is 4.33. The molecule has 0 spiro atoms. The van der Waals surface area contributed by atoms with Crippen LogP contribution < -0.4 is 9.62 Å². The van der Waals surface area contributed by atoms with E-state index >= 15 is 0 Å². The molecule has 0 saturated carbocycles. The van der Waals surface area contributed by atoms with Gasteiger partial charge in [0, 0.05) is 4.47 Å². The van der Waals surface area contributed by atoms with Crippen molar-refractivity contribution in [3.63, 3.8) is 0 Å². The van der Waals surface area contributed by atoms with Gasteiger partial charge in [-0.1, -0.05) is 35.9 Å². The van der Waals surface area contributed by atoms with E-state index in [-0.39, 0.29) is 18.5 Å². The molecule has 26 heavy (non-hydrogen) atoms. The molecule has 7 heteroatoms. The Labute approximate surface area is 163 Å². The molecule has 0 fully saturated rings. The highest BCUT2D eigenvalue weighted by molar-refractivity contribution is 9.10. The van der Waals surface area contributed by atoms with Crippen molar-refractivity contribution in [1.82, 2.24) is 5.32 Å². The largest absolute Gasteiger partial charge is 0.348 e. The monoisotopic (exact) mass is 438 g/mol. The Hall–Kier alpha value is -1.86. The normalized spacial score (nSPS) is 12.5. The molecule has 1 atom stereocenters. The van der Waals surface area contributed by atoms with Crippen LogP contribution in [0.4, 0.5) is 5.69 Å². The number of nitrogens with one attached hydrogen (secondary N) is 1. The molecule has 2 aromatic carbocycles. The van der Waals surface area contributed by atoms with E-state index in [0.717, 1.165) is 27.3 Å². The number of aryl methyl sites for hydroxylation is 2. The van der Waals surface area contributed by atoms with Gasteiger partial charge in [0.25, 0.3) is 0 Å². The van der Waals surface area contributed by atoms with E-state index in [1.807, 2.05) is 32.9 Å². The van der Waals surface area contributed by atoms with Gasteiger partial charge in [0.2, 0.25) is 15.9 Å². The summed E-state index contributed by atoms with van der Waals surface area (Å²) in [4.78, 5) is 12.5. The molecule has 0 bridgehead atoms. The average Bonchev–Trinajstić information content (AvgIpc) is 2.52. The standard InChI is InChI=1S/C19H23BrN2O3S/c1-13-9-10-16(14(2)11-13)15(3)21-19(23)12-22(26(4,24)25)18-8-6-5-7-17(18)20/h5-11,15H,12H2,1-4H3,(H,21,23)/t15-/m1/s1. The van der Waals surface area contributed by atoms with E-state index in [4.69, 9.17) is 0 Å². The van der Waals surface area contributed by atoms with Crippen molar-refractivity contribution in [2.75, 3.05) is 17.1 Å². The van der Waals surface area contributed by atoms with E-state index in [2.05, 4.69) is 27.3 Å². The zero-order valence-electron chi connectivity index (χ0n) is 15.3. The molecule has 1 N–H and O–H groups in total.